The van der Waals surface area contributed by atoms with E-state index < -0.39 is 5.82 Å². The number of carbonyl (C=O) groups is 1. The summed E-state index contributed by atoms with van der Waals surface area (Å²) in [5, 5.41) is 4.76. The zero-order valence-electron chi connectivity index (χ0n) is 13.5. The van der Waals surface area contributed by atoms with Crippen LogP contribution in [0.15, 0.2) is 66.7 Å². The highest BCUT2D eigenvalue weighted by atomic mass is 19.1. The second-order valence-corrected chi connectivity index (χ2v) is 5.31. The van der Waals surface area contributed by atoms with Gasteiger partial charge in [-0.15, -0.1) is 0 Å². The predicted molar refractivity (Wildman–Crippen MR) is 96.0 cm³/mol. The lowest BCUT2D eigenvalue weighted by Crippen LogP contribution is -2.23. The van der Waals surface area contributed by atoms with Crippen LogP contribution >= 0.6 is 0 Å². The first kappa shape index (κ1) is 16.5. The molecule has 0 radical (unpaired) electrons. The van der Waals surface area contributed by atoms with Gasteiger partial charge < -0.3 is 10.1 Å². The minimum Gasteiger partial charge on any atom is -0.480 e. The van der Waals surface area contributed by atoms with Crippen LogP contribution in [0.1, 0.15) is 10.4 Å². The van der Waals surface area contributed by atoms with E-state index >= 15 is 0 Å². The molecule has 0 spiro atoms. The first-order valence-electron chi connectivity index (χ1n) is 7.84. The minimum atomic E-state index is -0.442. The van der Waals surface area contributed by atoms with Gasteiger partial charge in [0.05, 0.1) is 6.54 Å². The fraction of sp³-hybridized carbons (Fsp3) is 0.0952. The van der Waals surface area contributed by atoms with Crippen molar-refractivity contribution in [2.75, 3.05) is 13.2 Å². The van der Waals surface area contributed by atoms with E-state index in [0.29, 0.717) is 0 Å². The normalized spacial score (nSPS) is 9.96. The minimum absolute atomic E-state index is 0.175. The molecule has 1 N–H and O–H groups in total. The molecule has 124 valence electrons. The Labute approximate surface area is 145 Å². The lowest BCUT2D eigenvalue weighted by Gasteiger charge is -2.06. The number of benzene rings is 3. The Morgan fingerprint density at radius 2 is 1.80 bits per heavy atom. The third kappa shape index (κ3) is 4.36. The largest absolute Gasteiger partial charge is 0.480 e. The summed E-state index contributed by atoms with van der Waals surface area (Å²) in [6, 6.07) is 19.3. The number of rotatable bonds is 4. The van der Waals surface area contributed by atoms with Gasteiger partial charge in [0, 0.05) is 10.9 Å². The first-order valence-corrected chi connectivity index (χ1v) is 7.84. The highest BCUT2D eigenvalue weighted by Gasteiger charge is 2.04. The summed E-state index contributed by atoms with van der Waals surface area (Å²) in [6.45, 7) is 0.401. The molecule has 0 saturated carbocycles. The van der Waals surface area contributed by atoms with Crippen LogP contribution in [0.4, 0.5) is 4.39 Å². The number of amides is 1. The molecule has 4 heteroatoms. The lowest BCUT2D eigenvalue weighted by atomic mass is 10.1. The smallest absolute Gasteiger partial charge is 0.252 e. The van der Waals surface area contributed by atoms with E-state index in [9.17, 15) is 9.18 Å². The van der Waals surface area contributed by atoms with E-state index in [1.165, 1.54) is 18.2 Å². The Morgan fingerprint density at radius 3 is 2.68 bits per heavy atom. The van der Waals surface area contributed by atoms with Crippen LogP contribution in [0.2, 0.25) is 0 Å². The van der Waals surface area contributed by atoms with E-state index in [1.807, 2.05) is 42.5 Å². The van der Waals surface area contributed by atoms with E-state index in [0.717, 1.165) is 16.5 Å². The summed E-state index contributed by atoms with van der Waals surface area (Å²) in [5.74, 6) is 5.65. The summed E-state index contributed by atoms with van der Waals surface area (Å²) < 4.78 is 18.8. The molecule has 3 nitrogen and oxygen atoms in total. The second kappa shape index (κ2) is 7.98. The summed E-state index contributed by atoms with van der Waals surface area (Å²) in [7, 11) is 0. The molecule has 0 bridgehead atoms. The van der Waals surface area contributed by atoms with Crippen molar-refractivity contribution in [3.8, 4) is 17.6 Å². The van der Waals surface area contributed by atoms with Gasteiger partial charge in [0.15, 0.2) is 0 Å². The number of ether oxygens (including phenoxy) is 1. The van der Waals surface area contributed by atoms with E-state index in [2.05, 4.69) is 17.2 Å². The van der Waals surface area contributed by atoms with Crippen molar-refractivity contribution in [1.82, 2.24) is 5.32 Å². The summed E-state index contributed by atoms with van der Waals surface area (Å²) in [6.07, 6.45) is 0. The van der Waals surface area contributed by atoms with Crippen molar-refractivity contribution in [2.24, 2.45) is 0 Å². The molecule has 3 rings (SSSR count). The Balaban J connectivity index is 1.51. The molecule has 0 saturated heterocycles. The molecule has 0 heterocycles. The van der Waals surface area contributed by atoms with Crippen molar-refractivity contribution >= 4 is 16.7 Å². The van der Waals surface area contributed by atoms with Gasteiger partial charge in [0.2, 0.25) is 0 Å². The van der Waals surface area contributed by atoms with E-state index in [-0.39, 0.29) is 24.6 Å². The van der Waals surface area contributed by atoms with E-state index in [1.54, 1.807) is 6.07 Å². The van der Waals surface area contributed by atoms with Gasteiger partial charge in [-0.1, -0.05) is 54.3 Å². The van der Waals surface area contributed by atoms with Crippen LogP contribution < -0.4 is 10.1 Å². The van der Waals surface area contributed by atoms with Gasteiger partial charge in [0.25, 0.3) is 5.91 Å². The Bertz CT molecular complexity index is 951. The molecule has 25 heavy (non-hydrogen) atoms. The van der Waals surface area contributed by atoms with Crippen molar-refractivity contribution in [3.63, 3.8) is 0 Å². The van der Waals surface area contributed by atoms with Gasteiger partial charge in [0.1, 0.15) is 18.2 Å². The average molecular weight is 333 g/mol. The summed E-state index contributed by atoms with van der Waals surface area (Å²) >= 11 is 0. The highest BCUT2D eigenvalue weighted by Crippen LogP contribution is 2.24. The van der Waals surface area contributed by atoms with Crippen LogP contribution in [-0.2, 0) is 0 Å². The molecule has 3 aromatic rings. The summed E-state index contributed by atoms with van der Waals surface area (Å²) in [4.78, 5) is 11.8. The molecule has 0 unspecified atom stereocenters. The van der Waals surface area contributed by atoms with Crippen molar-refractivity contribution < 1.29 is 13.9 Å². The van der Waals surface area contributed by atoms with Gasteiger partial charge in [-0.05, 0) is 29.7 Å². The number of hydrogen-bond donors (Lipinski definition) is 1. The molecule has 0 fully saturated rings. The fourth-order valence-corrected chi connectivity index (χ4v) is 2.41. The van der Waals surface area contributed by atoms with Gasteiger partial charge in [-0.2, -0.15) is 0 Å². The molecule has 0 aromatic heterocycles. The predicted octanol–water partition coefficient (Wildman–Crippen LogP) is 3.79. The SMILES string of the molecule is O=C(NCC#CCOc1cccc2ccccc12)c1cccc(F)c1. The quantitative estimate of drug-likeness (QED) is 0.738. The standard InChI is InChI=1S/C21H16FNO2/c22-18-10-5-9-17(15-18)21(24)23-13-3-4-14-25-20-12-6-8-16-7-1-2-11-19(16)20/h1-2,5-12,15H,13-14H2,(H,23,24). The Kier molecular flexibility index (Phi) is 5.28. The molecular formula is C21H16FNO2. The van der Waals surface area contributed by atoms with Crippen LogP contribution in [0.25, 0.3) is 10.8 Å². The molecule has 0 atom stereocenters. The number of fused-ring (bicyclic) bond motifs is 1. The maximum Gasteiger partial charge on any atom is 0.252 e. The maximum absolute atomic E-state index is 13.1. The second-order valence-electron chi connectivity index (χ2n) is 5.31. The maximum atomic E-state index is 13.1. The molecule has 0 aliphatic rings. The fourth-order valence-electron chi connectivity index (χ4n) is 2.41. The van der Waals surface area contributed by atoms with Crippen LogP contribution in [0.3, 0.4) is 0 Å². The number of nitrogens with one attached hydrogen (secondary N) is 1. The van der Waals surface area contributed by atoms with Crippen molar-refractivity contribution in [3.05, 3.63) is 78.1 Å². The van der Waals surface area contributed by atoms with Crippen LogP contribution in [0.5, 0.6) is 5.75 Å². The third-order valence-corrected chi connectivity index (χ3v) is 3.60. The molecule has 3 aromatic carbocycles. The molecule has 1 amide bonds. The van der Waals surface area contributed by atoms with Crippen molar-refractivity contribution in [1.29, 1.82) is 0 Å². The molecule has 0 aliphatic heterocycles. The molecular weight excluding hydrogens is 317 g/mol. The average Bonchev–Trinajstić information content (AvgIpc) is 2.64. The van der Waals surface area contributed by atoms with Gasteiger partial charge in [-0.3, -0.25) is 4.79 Å². The Hall–Kier alpha value is -3.32. The zero-order valence-corrected chi connectivity index (χ0v) is 13.5. The first-order chi connectivity index (χ1) is 12.2. The lowest BCUT2D eigenvalue weighted by molar-refractivity contribution is 0.0958. The zero-order chi connectivity index (χ0) is 17.5. The molecule has 0 aliphatic carbocycles. The van der Waals surface area contributed by atoms with Crippen LogP contribution in [0, 0.1) is 17.7 Å². The topological polar surface area (TPSA) is 38.3 Å². The monoisotopic (exact) mass is 333 g/mol. The van der Waals surface area contributed by atoms with Gasteiger partial charge in [-0.25, -0.2) is 4.39 Å². The number of hydrogen-bond acceptors (Lipinski definition) is 2. The Morgan fingerprint density at radius 1 is 1.00 bits per heavy atom. The highest BCUT2D eigenvalue weighted by molar-refractivity contribution is 5.94. The van der Waals surface area contributed by atoms with Crippen LogP contribution in [-0.4, -0.2) is 19.1 Å². The third-order valence-electron chi connectivity index (χ3n) is 3.60. The van der Waals surface area contributed by atoms with E-state index in [4.69, 9.17) is 4.74 Å². The van der Waals surface area contributed by atoms with Gasteiger partial charge >= 0.3 is 0 Å². The summed E-state index contributed by atoms with van der Waals surface area (Å²) in [5.41, 5.74) is 0.272. The number of halogens is 1. The number of carbonyl (C=O) groups excluding carboxylic acids is 1. The van der Waals surface area contributed by atoms with Crippen molar-refractivity contribution in [2.45, 2.75) is 0 Å².